The predicted octanol–water partition coefficient (Wildman–Crippen LogP) is 2.95. The summed E-state index contributed by atoms with van der Waals surface area (Å²) in [6.45, 7) is 6.13. The zero-order chi connectivity index (χ0) is 22.6. The molecule has 0 amide bonds. The number of para-hydroxylation sites is 1. The Labute approximate surface area is 194 Å². The van der Waals surface area contributed by atoms with Crippen LogP contribution in [0.25, 0.3) is 0 Å². The Hall–Kier alpha value is -2.71. The van der Waals surface area contributed by atoms with E-state index >= 15 is 0 Å². The van der Waals surface area contributed by atoms with Gasteiger partial charge in [-0.15, -0.1) is 0 Å². The first kappa shape index (κ1) is 22.1. The predicted molar refractivity (Wildman–Crippen MR) is 131 cm³/mol. The molecular weight excluding hydrogens is 416 g/mol. The number of hydrogen-bond donors (Lipinski definition) is 3. The zero-order valence-corrected chi connectivity index (χ0v) is 19.2. The molecule has 0 bridgehead atoms. The smallest absolute Gasteiger partial charge is 0.261 e. The highest BCUT2D eigenvalue weighted by Gasteiger charge is 2.32. The molecule has 176 valence electrons. The van der Waals surface area contributed by atoms with Crippen molar-refractivity contribution in [2.24, 2.45) is 0 Å². The van der Waals surface area contributed by atoms with Gasteiger partial charge in [-0.3, -0.25) is 9.69 Å². The number of ether oxygens (including phenoxy) is 1. The molecule has 33 heavy (non-hydrogen) atoms. The van der Waals surface area contributed by atoms with Crippen LogP contribution < -0.4 is 15.8 Å². The highest BCUT2D eigenvalue weighted by molar-refractivity contribution is 5.83. The van der Waals surface area contributed by atoms with Gasteiger partial charge in [0.1, 0.15) is 11.6 Å². The molecule has 3 N–H and O–H groups in total. The fourth-order valence-corrected chi connectivity index (χ4v) is 5.18. The highest BCUT2D eigenvalue weighted by atomic mass is 16.5. The third kappa shape index (κ3) is 4.96. The number of nitrogens with zero attached hydrogens (tertiary/aromatic N) is 3. The SMILES string of the molecule is N=Cc1c(NC2CCCCC2)nc(C2CN(c3ccccc3CN3CCOCC3)C2)[nH]c1=O. The molecular formula is C25H34N6O2. The Kier molecular flexibility index (Phi) is 6.73. The molecule has 0 atom stereocenters. The second-order valence-electron chi connectivity index (χ2n) is 9.46. The Morgan fingerprint density at radius 1 is 1.15 bits per heavy atom. The molecule has 2 aliphatic heterocycles. The fraction of sp³-hybridized carbons (Fsp3) is 0.560. The number of rotatable bonds is 7. The first-order valence-corrected chi connectivity index (χ1v) is 12.3. The van der Waals surface area contributed by atoms with Gasteiger partial charge in [0.25, 0.3) is 5.56 Å². The van der Waals surface area contributed by atoms with Crippen LogP contribution in [0.5, 0.6) is 0 Å². The summed E-state index contributed by atoms with van der Waals surface area (Å²) < 4.78 is 5.49. The summed E-state index contributed by atoms with van der Waals surface area (Å²) in [6.07, 6.45) is 6.99. The summed E-state index contributed by atoms with van der Waals surface area (Å²) >= 11 is 0. The average Bonchev–Trinajstić information content (AvgIpc) is 2.81. The van der Waals surface area contributed by atoms with Crippen molar-refractivity contribution >= 4 is 17.7 Å². The van der Waals surface area contributed by atoms with E-state index in [9.17, 15) is 4.79 Å². The lowest BCUT2D eigenvalue weighted by Gasteiger charge is -2.42. The van der Waals surface area contributed by atoms with Crippen LogP contribution in [0.1, 0.15) is 55.0 Å². The first-order valence-electron chi connectivity index (χ1n) is 12.3. The Morgan fingerprint density at radius 3 is 2.67 bits per heavy atom. The summed E-state index contributed by atoms with van der Waals surface area (Å²) in [4.78, 5) is 25.3. The lowest BCUT2D eigenvalue weighted by molar-refractivity contribution is 0.0342. The monoisotopic (exact) mass is 450 g/mol. The number of hydrogen-bond acceptors (Lipinski definition) is 7. The van der Waals surface area contributed by atoms with Gasteiger partial charge in [-0.1, -0.05) is 37.5 Å². The van der Waals surface area contributed by atoms with Crippen LogP contribution in [0, 0.1) is 5.41 Å². The molecule has 8 heteroatoms. The molecule has 3 fully saturated rings. The number of H-pyrrole nitrogens is 1. The minimum Gasteiger partial charge on any atom is -0.379 e. The number of benzene rings is 1. The summed E-state index contributed by atoms with van der Waals surface area (Å²) in [7, 11) is 0. The molecule has 0 radical (unpaired) electrons. The van der Waals surface area contributed by atoms with Crippen LogP contribution >= 0.6 is 0 Å². The van der Waals surface area contributed by atoms with E-state index in [0.717, 1.165) is 70.8 Å². The van der Waals surface area contributed by atoms with E-state index in [1.165, 1.54) is 30.5 Å². The van der Waals surface area contributed by atoms with Gasteiger partial charge >= 0.3 is 0 Å². The van der Waals surface area contributed by atoms with Crippen molar-refractivity contribution in [3.05, 3.63) is 51.6 Å². The maximum atomic E-state index is 12.7. The van der Waals surface area contributed by atoms with Crippen LogP contribution in [-0.2, 0) is 11.3 Å². The lowest BCUT2D eigenvalue weighted by atomic mass is 9.95. The molecule has 3 heterocycles. The number of aromatic amines is 1. The molecule has 0 spiro atoms. The zero-order valence-electron chi connectivity index (χ0n) is 19.2. The molecule has 2 saturated heterocycles. The topological polar surface area (TPSA) is 97.3 Å². The van der Waals surface area contributed by atoms with Crippen LogP contribution in [0.3, 0.4) is 0 Å². The van der Waals surface area contributed by atoms with E-state index in [1.54, 1.807) is 0 Å². The van der Waals surface area contributed by atoms with Crippen molar-refractivity contribution < 1.29 is 4.74 Å². The second kappa shape index (κ2) is 10.1. The average molecular weight is 451 g/mol. The number of morpholine rings is 1. The van der Waals surface area contributed by atoms with Gasteiger partial charge in [-0.05, 0) is 24.5 Å². The third-order valence-electron chi connectivity index (χ3n) is 7.16. The number of nitrogens with one attached hydrogen (secondary N) is 3. The van der Waals surface area contributed by atoms with Crippen molar-refractivity contribution in [3.8, 4) is 0 Å². The first-order chi connectivity index (χ1) is 16.2. The van der Waals surface area contributed by atoms with Crippen molar-refractivity contribution in [3.63, 3.8) is 0 Å². The van der Waals surface area contributed by atoms with Gasteiger partial charge in [0, 0.05) is 50.7 Å². The largest absolute Gasteiger partial charge is 0.379 e. The van der Waals surface area contributed by atoms with Crippen molar-refractivity contribution in [2.75, 3.05) is 49.6 Å². The Morgan fingerprint density at radius 2 is 1.91 bits per heavy atom. The van der Waals surface area contributed by atoms with Crippen LogP contribution in [-0.4, -0.2) is 66.5 Å². The lowest BCUT2D eigenvalue weighted by Crippen LogP contribution is -2.47. The van der Waals surface area contributed by atoms with Gasteiger partial charge in [0.15, 0.2) is 0 Å². The van der Waals surface area contributed by atoms with Gasteiger partial charge < -0.3 is 25.3 Å². The standard InChI is InChI=1S/C25H34N6O2/c26-14-21-24(27-20-7-2-1-3-8-20)28-23(29-25(21)32)19-16-31(17-19)22-9-5-4-6-18(22)15-30-10-12-33-13-11-30/h4-6,9,14,19-20,26H,1-3,7-8,10-13,15-17H2,(H2,27,28,29,32). The van der Waals surface area contributed by atoms with E-state index in [1.807, 2.05) is 0 Å². The molecule has 8 nitrogen and oxygen atoms in total. The quantitative estimate of drug-likeness (QED) is 0.561. The van der Waals surface area contributed by atoms with Gasteiger partial charge in [0.2, 0.25) is 0 Å². The van der Waals surface area contributed by atoms with E-state index in [-0.39, 0.29) is 11.5 Å². The van der Waals surface area contributed by atoms with Crippen LogP contribution in [0.15, 0.2) is 29.1 Å². The molecule has 5 rings (SSSR count). The van der Waals surface area contributed by atoms with Crippen molar-refractivity contribution in [2.45, 2.75) is 50.6 Å². The van der Waals surface area contributed by atoms with Crippen LogP contribution in [0.4, 0.5) is 11.5 Å². The van der Waals surface area contributed by atoms with Gasteiger partial charge in [-0.25, -0.2) is 4.98 Å². The maximum Gasteiger partial charge on any atom is 0.261 e. The van der Waals surface area contributed by atoms with E-state index < -0.39 is 0 Å². The molecule has 0 unspecified atom stereocenters. The van der Waals surface area contributed by atoms with Crippen molar-refractivity contribution in [1.82, 2.24) is 14.9 Å². The minimum atomic E-state index is -0.223. The van der Waals surface area contributed by atoms with E-state index in [0.29, 0.717) is 17.4 Å². The Balaban J connectivity index is 1.29. The maximum absolute atomic E-state index is 12.7. The number of anilines is 2. The van der Waals surface area contributed by atoms with E-state index in [4.69, 9.17) is 15.1 Å². The summed E-state index contributed by atoms with van der Waals surface area (Å²) in [5.41, 5.74) is 2.70. The summed E-state index contributed by atoms with van der Waals surface area (Å²) in [5, 5.41) is 11.2. The molecule has 1 aromatic heterocycles. The van der Waals surface area contributed by atoms with E-state index in [2.05, 4.69) is 44.4 Å². The van der Waals surface area contributed by atoms with Gasteiger partial charge in [-0.2, -0.15) is 0 Å². The molecule has 2 aromatic rings. The minimum absolute atomic E-state index is 0.181. The number of aromatic nitrogens is 2. The Bertz CT molecular complexity index is 1020. The normalized spacial score (nSPS) is 20.4. The van der Waals surface area contributed by atoms with Crippen LogP contribution in [0.2, 0.25) is 0 Å². The third-order valence-corrected chi connectivity index (χ3v) is 7.16. The molecule has 1 aromatic carbocycles. The van der Waals surface area contributed by atoms with Gasteiger partial charge in [0.05, 0.1) is 24.7 Å². The summed E-state index contributed by atoms with van der Waals surface area (Å²) in [5.74, 6) is 1.48. The fourth-order valence-electron chi connectivity index (χ4n) is 5.18. The molecule has 1 aliphatic carbocycles. The second-order valence-corrected chi connectivity index (χ2v) is 9.46. The highest BCUT2D eigenvalue weighted by Crippen LogP contribution is 2.33. The molecule has 3 aliphatic rings. The molecule has 1 saturated carbocycles. The van der Waals surface area contributed by atoms with Crippen molar-refractivity contribution in [1.29, 1.82) is 5.41 Å². The summed E-state index contributed by atoms with van der Waals surface area (Å²) in [6, 6.07) is 8.94.